The minimum Gasteiger partial charge on any atom is -0.510 e. The number of allylic oxidation sites excluding steroid dienone is 1. The first-order valence-electron chi connectivity index (χ1n) is 10.8. The van der Waals surface area contributed by atoms with E-state index in [1.807, 2.05) is 44.3 Å². The van der Waals surface area contributed by atoms with E-state index in [0.717, 1.165) is 14.6 Å². The molecule has 1 amide bonds. The summed E-state index contributed by atoms with van der Waals surface area (Å²) in [5.41, 5.74) is -0.359. The number of esters is 1. The Balaban J connectivity index is 2.01. The smallest absolute Gasteiger partial charge is 0.358 e. The number of aliphatic hydroxyl groups excluding tert-OH is 1. The predicted octanol–water partition coefficient (Wildman–Crippen LogP) is 5.86. The quantitative estimate of drug-likeness (QED) is 0.111. The number of nitrogens with zero attached hydrogens (tertiary/aromatic N) is 2. The Morgan fingerprint density at radius 3 is 2.41 bits per heavy atom. The number of methoxy groups -OCH3 is 1. The normalized spacial score (nSPS) is 21.3. The van der Waals surface area contributed by atoms with E-state index in [9.17, 15) is 14.7 Å². The number of amides is 1. The van der Waals surface area contributed by atoms with E-state index in [1.54, 1.807) is 11.3 Å². The number of hydrogen-bond acceptors (Lipinski definition) is 9. The second-order valence-corrected chi connectivity index (χ2v) is 15.1. The average Bonchev–Trinajstić information content (AvgIpc) is 3.15. The van der Waals surface area contributed by atoms with E-state index in [-0.39, 0.29) is 22.8 Å². The zero-order valence-electron chi connectivity index (χ0n) is 20.7. The maximum Gasteiger partial charge on any atom is 0.358 e. The van der Waals surface area contributed by atoms with Gasteiger partial charge in [-0.25, -0.2) is 9.78 Å². The second-order valence-electron chi connectivity index (χ2n) is 9.50. The molecule has 0 saturated carbocycles. The van der Waals surface area contributed by atoms with Crippen molar-refractivity contribution in [2.75, 3.05) is 7.11 Å². The van der Waals surface area contributed by atoms with Gasteiger partial charge in [0.2, 0.25) is 14.9 Å². The number of carbonyl (C=O) groups excluding carboxylic acids is 2. The molecule has 1 aromatic carbocycles. The lowest BCUT2D eigenvalue weighted by Gasteiger charge is -2.57. The van der Waals surface area contributed by atoms with Crippen molar-refractivity contribution < 1.29 is 23.9 Å². The van der Waals surface area contributed by atoms with Gasteiger partial charge < -0.3 is 14.3 Å². The van der Waals surface area contributed by atoms with E-state index in [1.165, 1.54) is 40.5 Å². The lowest BCUT2D eigenvalue weighted by atomic mass is 9.66. The number of thiazole rings is 1. The molecule has 0 aliphatic carbocycles. The summed E-state index contributed by atoms with van der Waals surface area (Å²) < 4.78 is 13.3. The van der Waals surface area contributed by atoms with Gasteiger partial charge >= 0.3 is 5.97 Å². The molecule has 1 aliphatic rings. The van der Waals surface area contributed by atoms with Gasteiger partial charge in [0.25, 0.3) is 0 Å². The highest BCUT2D eigenvalue weighted by Crippen LogP contribution is 2.55. The van der Waals surface area contributed by atoms with Crippen LogP contribution in [-0.2, 0) is 18.8 Å². The number of rotatable bonds is 8. The highest BCUT2D eigenvalue weighted by Gasteiger charge is 2.63. The number of likely N-dealkylation sites (tertiary alicyclic amines) is 1. The number of aliphatic hydroxyl groups is 1. The van der Waals surface area contributed by atoms with Crippen molar-refractivity contribution in [3.63, 3.8) is 0 Å². The van der Waals surface area contributed by atoms with E-state index >= 15 is 0 Å². The summed E-state index contributed by atoms with van der Waals surface area (Å²) in [4.78, 5) is 32.2. The van der Waals surface area contributed by atoms with Gasteiger partial charge in [-0.3, -0.25) is 9.69 Å². The van der Waals surface area contributed by atoms with Gasteiger partial charge in [0, 0.05) is 0 Å². The molecule has 2 unspecified atom stereocenters. The molecule has 1 saturated heterocycles. The number of β-lactam (4-membered cyclic amide) rings is 1. The van der Waals surface area contributed by atoms with Crippen LogP contribution in [0.3, 0.4) is 0 Å². The Hall–Kier alpha value is -1.53. The third kappa shape index (κ3) is 5.04. The molecule has 1 fully saturated rings. The summed E-state index contributed by atoms with van der Waals surface area (Å²) >= 11 is 1.57. The largest absolute Gasteiger partial charge is 0.510 e. The Labute approximate surface area is 214 Å². The summed E-state index contributed by atoms with van der Waals surface area (Å²) in [6.45, 7) is 13.6. The van der Waals surface area contributed by atoms with Gasteiger partial charge in [0.05, 0.1) is 28.8 Å². The zero-order valence-corrected chi connectivity index (χ0v) is 24.1. The maximum absolute atomic E-state index is 13.6. The van der Waals surface area contributed by atoms with Gasteiger partial charge in [-0.15, -0.1) is 11.3 Å². The average molecular weight is 540 g/mol. The van der Waals surface area contributed by atoms with Gasteiger partial charge in [-0.05, 0) is 55.3 Å². The second kappa shape index (κ2) is 10.2. The molecule has 7 nitrogen and oxygen atoms in total. The molecule has 0 bridgehead atoms. The van der Waals surface area contributed by atoms with E-state index in [4.69, 9.17) is 9.16 Å². The van der Waals surface area contributed by atoms with Crippen molar-refractivity contribution in [3.05, 3.63) is 35.7 Å². The Bertz CT molecular complexity index is 1080. The van der Waals surface area contributed by atoms with Crippen LogP contribution in [-0.4, -0.2) is 54.0 Å². The van der Waals surface area contributed by atoms with Crippen LogP contribution in [0, 0.1) is 11.3 Å². The van der Waals surface area contributed by atoms with Crippen molar-refractivity contribution in [1.29, 1.82) is 0 Å². The van der Waals surface area contributed by atoms with Crippen LogP contribution in [0.4, 0.5) is 0 Å². The number of benzene rings is 1. The highest BCUT2D eigenvalue weighted by molar-refractivity contribution is 8.77. The van der Waals surface area contributed by atoms with Gasteiger partial charge in [-0.1, -0.05) is 43.7 Å². The maximum atomic E-state index is 13.6. The molecule has 2 aromatic rings. The van der Waals surface area contributed by atoms with Crippen LogP contribution < -0.4 is 0 Å². The number of carbonyl (C=O) groups is 2. The molecule has 1 aromatic heterocycles. The van der Waals surface area contributed by atoms with E-state index in [0.29, 0.717) is 0 Å². The first-order chi connectivity index (χ1) is 15.8. The third-order valence-corrected chi connectivity index (χ3v) is 10.8. The van der Waals surface area contributed by atoms with Gasteiger partial charge in [0.1, 0.15) is 11.1 Å². The molecule has 1 aliphatic heterocycles. The molecule has 11 heteroatoms. The van der Waals surface area contributed by atoms with Crippen LogP contribution in [0.2, 0.25) is 13.1 Å². The number of fused-ring (bicyclic) bond motifs is 1. The molecule has 3 atom stereocenters. The molecule has 2 heterocycles. The molecule has 34 heavy (non-hydrogen) atoms. The molecule has 0 spiro atoms. The SMILES string of the molecule is COC(=O)/C(=C(/C)O)N1C(=O)C([C@](C)(O[Si](C)C)C(C)(C)C)C1SSc1nc2ccccc2s1. The molecule has 3 rings (SSSR count). The van der Waals surface area contributed by atoms with Crippen molar-refractivity contribution in [2.45, 2.75) is 63.0 Å². The Morgan fingerprint density at radius 2 is 1.88 bits per heavy atom. The molecular weight excluding hydrogens is 509 g/mol. The van der Waals surface area contributed by atoms with Crippen LogP contribution in [0.5, 0.6) is 0 Å². The summed E-state index contributed by atoms with van der Waals surface area (Å²) in [5.74, 6) is -1.81. The molecule has 1 N–H and O–H groups in total. The van der Waals surface area contributed by atoms with Gasteiger partial charge in [-0.2, -0.15) is 0 Å². The predicted molar refractivity (Wildman–Crippen MR) is 141 cm³/mol. The number of hydrogen-bond donors (Lipinski definition) is 1. The topological polar surface area (TPSA) is 89.0 Å². The van der Waals surface area contributed by atoms with E-state index in [2.05, 4.69) is 25.8 Å². The molecule has 1 radical (unpaired) electrons. The van der Waals surface area contributed by atoms with Crippen LogP contribution in [0.25, 0.3) is 10.2 Å². The standard InChI is InChI=1S/C23H31N2O5S3Si/c1-13(26)17(20(28)29-6)25-18(27)16(23(5,22(2,3)4)30-34(7)8)19(25)32-33-21-24-14-11-9-10-12-15(14)31-21/h9-12,16,19,26H,1-8H3/b17-13+/t16?,19?,23-/m0/s1. The molecule has 185 valence electrons. The lowest BCUT2D eigenvalue weighted by Crippen LogP contribution is -2.70. The third-order valence-electron chi connectivity index (χ3n) is 6.00. The number of para-hydroxylation sites is 1. The zero-order chi connectivity index (χ0) is 25.4. The fourth-order valence-electron chi connectivity index (χ4n) is 3.91. The first-order valence-corrected chi connectivity index (χ1v) is 16.2. The van der Waals surface area contributed by atoms with Crippen molar-refractivity contribution >= 4 is 64.1 Å². The Morgan fingerprint density at radius 1 is 1.24 bits per heavy atom. The minimum atomic E-state index is -1.15. The fraction of sp³-hybridized carbons (Fsp3) is 0.522. The summed E-state index contributed by atoms with van der Waals surface area (Å²) in [6, 6.07) is 7.91. The highest BCUT2D eigenvalue weighted by atomic mass is 33.1. The lowest BCUT2D eigenvalue weighted by molar-refractivity contribution is -0.175. The fourth-order valence-corrected chi connectivity index (χ4v) is 9.30. The summed E-state index contributed by atoms with van der Waals surface area (Å²) in [5, 5.41) is 9.83. The van der Waals surface area contributed by atoms with Crippen LogP contribution in [0.15, 0.2) is 40.1 Å². The summed E-state index contributed by atoms with van der Waals surface area (Å²) in [6.07, 6.45) is 0. The monoisotopic (exact) mass is 539 g/mol. The van der Waals surface area contributed by atoms with Crippen molar-refractivity contribution in [1.82, 2.24) is 9.88 Å². The van der Waals surface area contributed by atoms with Crippen LogP contribution >= 0.6 is 32.9 Å². The summed E-state index contributed by atoms with van der Waals surface area (Å²) in [7, 11) is 2.99. The number of aromatic nitrogens is 1. The number of ether oxygens (including phenoxy) is 1. The first kappa shape index (κ1) is 27.1. The van der Waals surface area contributed by atoms with E-state index < -0.39 is 31.9 Å². The van der Waals surface area contributed by atoms with Crippen molar-refractivity contribution in [3.8, 4) is 0 Å². The van der Waals surface area contributed by atoms with Crippen molar-refractivity contribution in [2.24, 2.45) is 11.3 Å². The van der Waals surface area contributed by atoms with Crippen LogP contribution in [0.1, 0.15) is 34.6 Å². The Kier molecular flexibility index (Phi) is 8.13. The molecular formula is C23H31N2O5S3Si. The van der Waals surface area contributed by atoms with Gasteiger partial charge in [0.15, 0.2) is 10.0 Å². The minimum absolute atomic E-state index is 0.138.